The second kappa shape index (κ2) is 6.97. The van der Waals surface area contributed by atoms with E-state index in [0.717, 1.165) is 29.9 Å². The van der Waals surface area contributed by atoms with Gasteiger partial charge in [0.25, 0.3) is 0 Å². The molecule has 1 aromatic rings. The van der Waals surface area contributed by atoms with E-state index in [1.54, 1.807) is 14.2 Å². The smallest absolute Gasteiger partial charge is 0.127 e. The van der Waals surface area contributed by atoms with E-state index in [4.69, 9.17) is 9.47 Å². The Hall–Kier alpha value is -1.48. The normalized spacial score (nSPS) is 11.9. The van der Waals surface area contributed by atoms with Gasteiger partial charge in [-0.15, -0.1) is 6.58 Å². The molecule has 1 rings (SSSR count). The van der Waals surface area contributed by atoms with Gasteiger partial charge in [0, 0.05) is 6.04 Å². The van der Waals surface area contributed by atoms with Gasteiger partial charge in [-0.1, -0.05) is 12.1 Å². The zero-order chi connectivity index (χ0) is 12.7. The van der Waals surface area contributed by atoms with Crippen molar-refractivity contribution in [2.45, 2.75) is 18.9 Å². The number of nitrogens with one attached hydrogen (secondary N) is 1. The van der Waals surface area contributed by atoms with E-state index in [9.17, 15) is 0 Å². The molecule has 0 spiro atoms. The van der Waals surface area contributed by atoms with Crippen LogP contribution in [0.3, 0.4) is 0 Å². The maximum atomic E-state index is 5.40. The second-order valence-electron chi connectivity index (χ2n) is 3.78. The maximum Gasteiger partial charge on any atom is 0.127 e. The Bertz CT molecular complexity index is 341. The summed E-state index contributed by atoms with van der Waals surface area (Å²) >= 11 is 0. The van der Waals surface area contributed by atoms with Gasteiger partial charge in [-0.2, -0.15) is 0 Å². The van der Waals surface area contributed by atoms with E-state index in [1.807, 2.05) is 31.3 Å². The van der Waals surface area contributed by atoms with Gasteiger partial charge in [-0.05, 0) is 32.0 Å². The van der Waals surface area contributed by atoms with E-state index >= 15 is 0 Å². The first kappa shape index (κ1) is 13.6. The Balaban J connectivity index is 3.09. The van der Waals surface area contributed by atoms with Gasteiger partial charge in [0.1, 0.15) is 11.5 Å². The van der Waals surface area contributed by atoms with Gasteiger partial charge in [0.05, 0.1) is 19.8 Å². The van der Waals surface area contributed by atoms with Crippen molar-refractivity contribution in [1.82, 2.24) is 5.32 Å². The van der Waals surface area contributed by atoms with Gasteiger partial charge in [-0.3, -0.25) is 0 Å². The highest BCUT2D eigenvalue weighted by Gasteiger charge is 2.18. The standard InChI is InChI=1S/C14H21NO2/c1-5-6-8-11(15-2)14-12(16-3)9-7-10-13(14)17-4/h5,7,9-11,15H,1,6,8H2,2-4H3. The summed E-state index contributed by atoms with van der Waals surface area (Å²) in [5.74, 6) is 1.71. The summed E-state index contributed by atoms with van der Waals surface area (Å²) in [5, 5.41) is 3.29. The Morgan fingerprint density at radius 3 is 2.29 bits per heavy atom. The SMILES string of the molecule is C=CCCC(NC)c1c(OC)cccc1OC. The fourth-order valence-electron chi connectivity index (χ4n) is 1.94. The van der Waals surface area contributed by atoms with Crippen LogP contribution in [0.2, 0.25) is 0 Å². The average Bonchev–Trinajstić information content (AvgIpc) is 2.39. The summed E-state index contributed by atoms with van der Waals surface area (Å²) < 4.78 is 10.8. The van der Waals surface area contributed by atoms with Crippen LogP contribution < -0.4 is 14.8 Å². The summed E-state index contributed by atoms with van der Waals surface area (Å²) in [6, 6.07) is 6.05. The molecule has 0 aliphatic heterocycles. The van der Waals surface area contributed by atoms with Crippen molar-refractivity contribution in [3.05, 3.63) is 36.4 Å². The summed E-state index contributed by atoms with van der Waals surface area (Å²) in [4.78, 5) is 0. The van der Waals surface area contributed by atoms with Gasteiger partial charge in [-0.25, -0.2) is 0 Å². The highest BCUT2D eigenvalue weighted by molar-refractivity contribution is 5.47. The largest absolute Gasteiger partial charge is 0.496 e. The maximum absolute atomic E-state index is 5.40. The Kier molecular flexibility index (Phi) is 5.57. The molecule has 94 valence electrons. The molecular weight excluding hydrogens is 214 g/mol. The van der Waals surface area contributed by atoms with Crippen molar-refractivity contribution >= 4 is 0 Å². The summed E-state index contributed by atoms with van der Waals surface area (Å²) in [6.07, 6.45) is 3.84. The van der Waals surface area contributed by atoms with Crippen molar-refractivity contribution in [3.8, 4) is 11.5 Å². The minimum absolute atomic E-state index is 0.208. The lowest BCUT2D eigenvalue weighted by atomic mass is 10.00. The van der Waals surface area contributed by atoms with Gasteiger partial charge < -0.3 is 14.8 Å². The zero-order valence-corrected chi connectivity index (χ0v) is 10.8. The lowest BCUT2D eigenvalue weighted by Crippen LogP contribution is -2.17. The number of benzene rings is 1. The second-order valence-corrected chi connectivity index (χ2v) is 3.78. The number of rotatable bonds is 7. The van der Waals surface area contributed by atoms with Crippen LogP contribution in [0.25, 0.3) is 0 Å². The topological polar surface area (TPSA) is 30.5 Å². The van der Waals surface area contributed by atoms with Crippen molar-refractivity contribution in [2.24, 2.45) is 0 Å². The quantitative estimate of drug-likeness (QED) is 0.737. The molecule has 1 unspecified atom stereocenters. The van der Waals surface area contributed by atoms with Crippen molar-refractivity contribution in [3.63, 3.8) is 0 Å². The third-order valence-electron chi connectivity index (χ3n) is 2.82. The Labute approximate surface area is 103 Å². The van der Waals surface area contributed by atoms with Crippen LogP contribution in [0.1, 0.15) is 24.4 Å². The molecule has 0 heterocycles. The van der Waals surface area contributed by atoms with E-state index in [0.29, 0.717) is 0 Å². The molecule has 0 aliphatic carbocycles. The molecule has 0 saturated heterocycles. The van der Waals surface area contributed by atoms with Crippen molar-refractivity contribution in [2.75, 3.05) is 21.3 Å². The van der Waals surface area contributed by atoms with E-state index in [-0.39, 0.29) is 6.04 Å². The Morgan fingerprint density at radius 1 is 1.29 bits per heavy atom. The van der Waals surface area contributed by atoms with Crippen molar-refractivity contribution in [1.29, 1.82) is 0 Å². The third kappa shape index (κ3) is 3.24. The number of hydrogen-bond donors (Lipinski definition) is 1. The first-order valence-corrected chi connectivity index (χ1v) is 5.77. The number of allylic oxidation sites excluding steroid dienone is 1. The average molecular weight is 235 g/mol. The highest BCUT2D eigenvalue weighted by Crippen LogP contribution is 2.35. The van der Waals surface area contributed by atoms with Crippen LogP contribution >= 0.6 is 0 Å². The number of hydrogen-bond acceptors (Lipinski definition) is 3. The summed E-state index contributed by atoms with van der Waals surface area (Å²) in [5.41, 5.74) is 1.07. The molecular formula is C14H21NO2. The first-order chi connectivity index (χ1) is 8.28. The third-order valence-corrected chi connectivity index (χ3v) is 2.82. The summed E-state index contributed by atoms with van der Waals surface area (Å²) in [7, 11) is 5.30. The molecule has 0 amide bonds. The predicted octanol–water partition coefficient (Wildman–Crippen LogP) is 2.93. The molecule has 3 heteroatoms. The Morgan fingerprint density at radius 2 is 1.88 bits per heavy atom. The van der Waals surface area contributed by atoms with Crippen LogP contribution in [0.4, 0.5) is 0 Å². The molecule has 0 bridgehead atoms. The molecule has 0 aliphatic rings. The fraction of sp³-hybridized carbons (Fsp3) is 0.429. The fourth-order valence-corrected chi connectivity index (χ4v) is 1.94. The van der Waals surface area contributed by atoms with Crippen molar-refractivity contribution < 1.29 is 9.47 Å². The van der Waals surface area contributed by atoms with Crippen LogP contribution in [-0.2, 0) is 0 Å². The van der Waals surface area contributed by atoms with Gasteiger partial charge >= 0.3 is 0 Å². The zero-order valence-electron chi connectivity index (χ0n) is 10.8. The van der Waals surface area contributed by atoms with E-state index in [1.165, 1.54) is 0 Å². The predicted molar refractivity (Wildman–Crippen MR) is 70.8 cm³/mol. The van der Waals surface area contributed by atoms with Crippen LogP contribution in [0.5, 0.6) is 11.5 Å². The summed E-state index contributed by atoms with van der Waals surface area (Å²) in [6.45, 7) is 3.76. The molecule has 17 heavy (non-hydrogen) atoms. The first-order valence-electron chi connectivity index (χ1n) is 5.77. The van der Waals surface area contributed by atoms with Gasteiger partial charge in [0.2, 0.25) is 0 Å². The molecule has 1 atom stereocenters. The van der Waals surface area contributed by atoms with Crippen LogP contribution in [0, 0.1) is 0 Å². The minimum atomic E-state index is 0.208. The lowest BCUT2D eigenvalue weighted by Gasteiger charge is -2.21. The van der Waals surface area contributed by atoms with Gasteiger partial charge in [0.15, 0.2) is 0 Å². The molecule has 1 N–H and O–H groups in total. The van der Waals surface area contributed by atoms with Crippen LogP contribution in [-0.4, -0.2) is 21.3 Å². The highest BCUT2D eigenvalue weighted by atomic mass is 16.5. The molecule has 0 fully saturated rings. The molecule has 3 nitrogen and oxygen atoms in total. The molecule has 0 radical (unpaired) electrons. The molecule has 1 aromatic carbocycles. The number of methoxy groups -OCH3 is 2. The monoisotopic (exact) mass is 235 g/mol. The lowest BCUT2D eigenvalue weighted by molar-refractivity contribution is 0.370. The molecule has 0 saturated carbocycles. The van der Waals surface area contributed by atoms with E-state index in [2.05, 4.69) is 11.9 Å². The minimum Gasteiger partial charge on any atom is -0.496 e. The molecule has 0 aromatic heterocycles. The number of ether oxygens (including phenoxy) is 2. The van der Waals surface area contributed by atoms with Crippen LogP contribution in [0.15, 0.2) is 30.9 Å². The van der Waals surface area contributed by atoms with E-state index < -0.39 is 0 Å².